The topological polar surface area (TPSA) is 77.0 Å². The van der Waals surface area contributed by atoms with Gasteiger partial charge in [-0.25, -0.2) is 0 Å². The van der Waals surface area contributed by atoms with E-state index in [0.717, 1.165) is 5.56 Å². The predicted octanol–water partition coefficient (Wildman–Crippen LogP) is 0.942. The van der Waals surface area contributed by atoms with Crippen LogP contribution in [0.3, 0.4) is 0 Å². The highest BCUT2D eigenvalue weighted by atomic mass is 16.7. The van der Waals surface area contributed by atoms with Crippen LogP contribution in [0.1, 0.15) is 12.0 Å². The van der Waals surface area contributed by atoms with Crippen molar-refractivity contribution in [3.05, 3.63) is 29.8 Å². The number of nitrogens with one attached hydrogen (secondary N) is 1. The second-order valence-corrected chi connectivity index (χ2v) is 4.63. The molecule has 0 spiro atoms. The molecule has 0 radical (unpaired) electrons. The minimum absolute atomic E-state index is 0.211. The number of hydrogen-bond acceptors (Lipinski definition) is 5. The summed E-state index contributed by atoms with van der Waals surface area (Å²) in [7, 11) is 1.52. The molecular weight excluding hydrogens is 274 g/mol. The highest BCUT2D eigenvalue weighted by molar-refractivity contribution is 5.91. The molecule has 1 aromatic rings. The van der Waals surface area contributed by atoms with Crippen molar-refractivity contribution in [2.24, 2.45) is 0 Å². The molecule has 0 aliphatic carbocycles. The van der Waals surface area contributed by atoms with Gasteiger partial charge >= 0.3 is 0 Å². The van der Waals surface area contributed by atoms with Gasteiger partial charge in [-0.2, -0.15) is 0 Å². The number of fused-ring (bicyclic) bond motifs is 1. The minimum Gasteiger partial charge on any atom is -0.454 e. The lowest BCUT2D eigenvalue weighted by molar-refractivity contribution is -0.116. The number of methoxy groups -OCH3 is 1. The summed E-state index contributed by atoms with van der Waals surface area (Å²) in [5, 5.41) is 12.1. The fourth-order valence-corrected chi connectivity index (χ4v) is 1.89. The van der Waals surface area contributed by atoms with Crippen LogP contribution < -0.4 is 14.8 Å². The molecule has 1 aromatic carbocycles. The van der Waals surface area contributed by atoms with Crippen LogP contribution in [0.25, 0.3) is 6.08 Å². The van der Waals surface area contributed by atoms with E-state index in [0.29, 0.717) is 24.5 Å². The first-order valence-corrected chi connectivity index (χ1v) is 6.71. The summed E-state index contributed by atoms with van der Waals surface area (Å²) < 4.78 is 15.3. The minimum atomic E-state index is -0.562. The molecule has 2 N–H and O–H groups in total. The van der Waals surface area contributed by atoms with Gasteiger partial charge in [-0.3, -0.25) is 4.79 Å². The number of aliphatic hydroxyl groups is 1. The first kappa shape index (κ1) is 15.3. The summed E-state index contributed by atoms with van der Waals surface area (Å²) in [6.45, 7) is 0.893. The van der Waals surface area contributed by atoms with Gasteiger partial charge in [0.2, 0.25) is 12.7 Å². The number of hydrogen-bond donors (Lipinski definition) is 2. The number of aliphatic hydroxyl groups excluding tert-OH is 1. The van der Waals surface area contributed by atoms with Crippen molar-refractivity contribution in [1.82, 2.24) is 5.32 Å². The van der Waals surface area contributed by atoms with Crippen LogP contribution in [0.15, 0.2) is 24.3 Å². The van der Waals surface area contributed by atoms with Crippen LogP contribution >= 0.6 is 0 Å². The number of benzene rings is 1. The van der Waals surface area contributed by atoms with Crippen molar-refractivity contribution in [1.29, 1.82) is 0 Å². The summed E-state index contributed by atoms with van der Waals surface area (Å²) in [4.78, 5) is 11.6. The van der Waals surface area contributed by atoms with Crippen molar-refractivity contribution in [2.45, 2.75) is 12.5 Å². The molecule has 1 amide bonds. The Morgan fingerprint density at radius 2 is 2.29 bits per heavy atom. The standard InChI is InChI=1S/C15H19NO5/c1-19-9-12(17)6-7-16-15(18)5-3-11-2-4-13-14(8-11)21-10-20-13/h2-5,8,12,17H,6-7,9-10H2,1H3,(H,16,18)/b5-3+. The fourth-order valence-electron chi connectivity index (χ4n) is 1.89. The molecular formula is C15H19NO5. The van der Waals surface area contributed by atoms with E-state index in [-0.39, 0.29) is 19.3 Å². The second kappa shape index (κ2) is 7.66. The molecule has 0 aromatic heterocycles. The van der Waals surface area contributed by atoms with E-state index in [1.807, 2.05) is 12.1 Å². The van der Waals surface area contributed by atoms with Crippen molar-refractivity contribution >= 4 is 12.0 Å². The van der Waals surface area contributed by atoms with Crippen LogP contribution in [0.4, 0.5) is 0 Å². The zero-order valence-electron chi connectivity index (χ0n) is 11.9. The average Bonchev–Trinajstić information content (AvgIpc) is 2.93. The highest BCUT2D eigenvalue weighted by Crippen LogP contribution is 2.32. The Morgan fingerprint density at radius 3 is 3.10 bits per heavy atom. The number of carbonyl (C=O) groups is 1. The summed E-state index contributed by atoms with van der Waals surface area (Å²) in [5.74, 6) is 1.18. The van der Waals surface area contributed by atoms with E-state index < -0.39 is 6.10 Å². The quantitative estimate of drug-likeness (QED) is 0.732. The molecule has 114 valence electrons. The van der Waals surface area contributed by atoms with E-state index in [1.54, 1.807) is 12.1 Å². The average molecular weight is 293 g/mol. The third kappa shape index (κ3) is 4.77. The first-order chi connectivity index (χ1) is 10.2. The zero-order valence-corrected chi connectivity index (χ0v) is 11.9. The Morgan fingerprint density at radius 1 is 1.48 bits per heavy atom. The largest absolute Gasteiger partial charge is 0.454 e. The number of ether oxygens (including phenoxy) is 3. The molecule has 0 fully saturated rings. The van der Waals surface area contributed by atoms with Crippen molar-refractivity contribution in [2.75, 3.05) is 27.1 Å². The van der Waals surface area contributed by atoms with Crippen LogP contribution in [0.2, 0.25) is 0 Å². The third-order valence-electron chi connectivity index (χ3n) is 2.96. The monoisotopic (exact) mass is 293 g/mol. The maximum Gasteiger partial charge on any atom is 0.244 e. The fraction of sp³-hybridized carbons (Fsp3) is 0.400. The summed E-state index contributed by atoms with van der Waals surface area (Å²) in [6.07, 6.45) is 3.04. The van der Waals surface area contributed by atoms with E-state index in [4.69, 9.17) is 14.2 Å². The van der Waals surface area contributed by atoms with Gasteiger partial charge in [-0.1, -0.05) is 6.07 Å². The van der Waals surface area contributed by atoms with Crippen molar-refractivity contribution in [3.63, 3.8) is 0 Å². The van der Waals surface area contributed by atoms with E-state index in [9.17, 15) is 9.90 Å². The Labute approximate surface area is 123 Å². The molecule has 0 saturated heterocycles. The van der Waals surface area contributed by atoms with Gasteiger partial charge in [0.1, 0.15) is 0 Å². The predicted molar refractivity (Wildman–Crippen MR) is 77.1 cm³/mol. The van der Waals surface area contributed by atoms with Crippen molar-refractivity contribution < 1.29 is 24.1 Å². The molecule has 0 bridgehead atoms. The number of amides is 1. The Kier molecular flexibility index (Phi) is 5.59. The Hall–Kier alpha value is -2.05. The third-order valence-corrected chi connectivity index (χ3v) is 2.96. The Balaban J connectivity index is 1.77. The normalized spacial score (nSPS) is 14.4. The SMILES string of the molecule is COCC(O)CCNC(=O)/C=C/c1ccc2c(c1)OCO2. The summed E-state index contributed by atoms with van der Waals surface area (Å²) in [5.41, 5.74) is 0.855. The van der Waals surface area contributed by atoms with Crippen molar-refractivity contribution in [3.8, 4) is 11.5 Å². The lowest BCUT2D eigenvalue weighted by atomic mass is 10.2. The molecule has 1 atom stereocenters. The highest BCUT2D eigenvalue weighted by Gasteiger charge is 2.12. The lowest BCUT2D eigenvalue weighted by Crippen LogP contribution is -2.27. The Bertz CT molecular complexity index is 515. The molecule has 1 unspecified atom stereocenters. The number of carbonyl (C=O) groups excluding carboxylic acids is 1. The summed E-state index contributed by atoms with van der Waals surface area (Å²) in [6, 6.07) is 5.47. The summed E-state index contributed by atoms with van der Waals surface area (Å²) >= 11 is 0. The van der Waals surface area contributed by atoms with Crippen LogP contribution in [-0.4, -0.2) is 44.2 Å². The van der Waals surface area contributed by atoms with Gasteiger partial charge < -0.3 is 24.6 Å². The second-order valence-electron chi connectivity index (χ2n) is 4.63. The molecule has 0 saturated carbocycles. The molecule has 1 aliphatic heterocycles. The smallest absolute Gasteiger partial charge is 0.244 e. The van der Waals surface area contributed by atoms with E-state index in [1.165, 1.54) is 13.2 Å². The van der Waals surface area contributed by atoms with Gasteiger partial charge in [0, 0.05) is 19.7 Å². The van der Waals surface area contributed by atoms with E-state index >= 15 is 0 Å². The van der Waals surface area contributed by atoms with Gasteiger partial charge in [-0.15, -0.1) is 0 Å². The van der Waals surface area contributed by atoms with Crippen LogP contribution in [0, 0.1) is 0 Å². The lowest BCUT2D eigenvalue weighted by Gasteiger charge is -2.08. The molecule has 2 rings (SSSR count). The molecule has 21 heavy (non-hydrogen) atoms. The molecule has 6 nitrogen and oxygen atoms in total. The van der Waals surface area contributed by atoms with Gasteiger partial charge in [0.25, 0.3) is 0 Å². The molecule has 1 heterocycles. The molecule has 6 heteroatoms. The van der Waals surface area contributed by atoms with E-state index in [2.05, 4.69) is 5.32 Å². The van der Waals surface area contributed by atoms with Crippen LogP contribution in [0.5, 0.6) is 11.5 Å². The van der Waals surface area contributed by atoms with Crippen LogP contribution in [-0.2, 0) is 9.53 Å². The number of rotatable bonds is 7. The molecule has 1 aliphatic rings. The van der Waals surface area contributed by atoms with Gasteiger partial charge in [-0.05, 0) is 30.2 Å². The van der Waals surface area contributed by atoms with Gasteiger partial charge in [0.05, 0.1) is 12.7 Å². The maximum absolute atomic E-state index is 11.6. The maximum atomic E-state index is 11.6. The van der Waals surface area contributed by atoms with Gasteiger partial charge in [0.15, 0.2) is 11.5 Å². The first-order valence-electron chi connectivity index (χ1n) is 6.71. The zero-order chi connectivity index (χ0) is 15.1.